The molecule has 8 heteroatoms. The Morgan fingerprint density at radius 1 is 1.15 bits per heavy atom. The fourth-order valence-corrected chi connectivity index (χ4v) is 2.59. The highest BCUT2D eigenvalue weighted by Crippen LogP contribution is 2.17. The molecule has 27 heavy (non-hydrogen) atoms. The van der Waals surface area contributed by atoms with Crippen molar-refractivity contribution in [2.24, 2.45) is 0 Å². The lowest BCUT2D eigenvalue weighted by molar-refractivity contribution is 0.104. The standard InChI is InChI=1S/C19H23N5O2.ClH/c1-14-5-3-4-6-19(14)26-12-18(25)11-20-15(2)16-7-9-17(10-8-16)24-13-21-22-23-24;/h3-10,13,15,18,20,25H,11-12H2,1-2H3;1H. The van der Waals surface area contributed by atoms with Crippen LogP contribution < -0.4 is 10.1 Å². The van der Waals surface area contributed by atoms with Gasteiger partial charge in [-0.1, -0.05) is 30.3 Å². The predicted octanol–water partition coefficient (Wildman–Crippen LogP) is 2.48. The summed E-state index contributed by atoms with van der Waals surface area (Å²) < 4.78 is 7.29. The summed E-state index contributed by atoms with van der Waals surface area (Å²) in [6, 6.07) is 15.8. The summed E-state index contributed by atoms with van der Waals surface area (Å²) in [4.78, 5) is 0. The zero-order valence-electron chi connectivity index (χ0n) is 15.3. The van der Waals surface area contributed by atoms with E-state index in [9.17, 15) is 5.11 Å². The molecular formula is C19H24ClN5O2. The number of rotatable bonds is 8. The SMILES string of the molecule is Cc1ccccc1OCC(O)CNC(C)c1ccc(-n2cnnn2)cc1.Cl. The Balaban J connectivity index is 0.00000261. The van der Waals surface area contributed by atoms with E-state index in [-0.39, 0.29) is 25.1 Å². The smallest absolute Gasteiger partial charge is 0.143 e. The molecule has 2 atom stereocenters. The van der Waals surface area contributed by atoms with Gasteiger partial charge in [0.05, 0.1) is 5.69 Å². The first kappa shape index (κ1) is 20.8. The molecule has 3 rings (SSSR count). The van der Waals surface area contributed by atoms with E-state index >= 15 is 0 Å². The van der Waals surface area contributed by atoms with Crippen molar-refractivity contribution in [3.8, 4) is 11.4 Å². The van der Waals surface area contributed by atoms with Crippen LogP contribution in [0.25, 0.3) is 5.69 Å². The Labute approximate surface area is 164 Å². The lowest BCUT2D eigenvalue weighted by atomic mass is 10.1. The van der Waals surface area contributed by atoms with E-state index in [1.54, 1.807) is 11.0 Å². The third-order valence-electron chi connectivity index (χ3n) is 4.19. The summed E-state index contributed by atoms with van der Waals surface area (Å²) in [6.45, 7) is 4.74. The number of nitrogens with one attached hydrogen (secondary N) is 1. The molecule has 2 aromatic carbocycles. The third-order valence-corrected chi connectivity index (χ3v) is 4.19. The first-order valence-corrected chi connectivity index (χ1v) is 8.56. The van der Waals surface area contributed by atoms with Gasteiger partial charge in [0, 0.05) is 12.6 Å². The summed E-state index contributed by atoms with van der Waals surface area (Å²) in [6.07, 6.45) is 0.971. The van der Waals surface area contributed by atoms with E-state index in [0.29, 0.717) is 6.54 Å². The Hall–Kier alpha value is -2.48. The number of nitrogens with zero attached hydrogens (tertiary/aromatic N) is 4. The molecule has 1 heterocycles. The molecular weight excluding hydrogens is 366 g/mol. The third kappa shape index (κ3) is 5.75. The number of hydrogen-bond donors (Lipinski definition) is 2. The van der Waals surface area contributed by atoms with Crippen molar-refractivity contribution in [3.63, 3.8) is 0 Å². The van der Waals surface area contributed by atoms with Crippen LogP contribution in [0.5, 0.6) is 5.75 Å². The summed E-state index contributed by atoms with van der Waals surface area (Å²) in [5.74, 6) is 0.804. The largest absolute Gasteiger partial charge is 0.491 e. The second-order valence-corrected chi connectivity index (χ2v) is 6.21. The van der Waals surface area contributed by atoms with Crippen LogP contribution in [0, 0.1) is 6.92 Å². The zero-order valence-corrected chi connectivity index (χ0v) is 16.1. The number of aromatic nitrogens is 4. The van der Waals surface area contributed by atoms with Crippen LogP contribution in [0.4, 0.5) is 0 Å². The predicted molar refractivity (Wildman–Crippen MR) is 106 cm³/mol. The monoisotopic (exact) mass is 389 g/mol. The lowest BCUT2D eigenvalue weighted by Gasteiger charge is -2.18. The molecule has 2 unspecified atom stereocenters. The highest BCUT2D eigenvalue weighted by atomic mass is 35.5. The number of aryl methyl sites for hydroxylation is 1. The van der Waals surface area contributed by atoms with Crippen molar-refractivity contribution < 1.29 is 9.84 Å². The van der Waals surface area contributed by atoms with E-state index in [1.165, 1.54) is 0 Å². The van der Waals surface area contributed by atoms with Crippen LogP contribution in [0.15, 0.2) is 54.9 Å². The van der Waals surface area contributed by atoms with Crippen molar-refractivity contribution >= 4 is 12.4 Å². The summed E-state index contributed by atoms with van der Waals surface area (Å²) in [5.41, 5.74) is 3.08. The highest BCUT2D eigenvalue weighted by Gasteiger charge is 2.10. The number of ether oxygens (including phenoxy) is 1. The number of para-hydroxylation sites is 1. The average Bonchev–Trinajstić information content (AvgIpc) is 3.20. The molecule has 3 aromatic rings. The normalized spacial score (nSPS) is 12.9. The lowest BCUT2D eigenvalue weighted by Crippen LogP contribution is -2.33. The van der Waals surface area contributed by atoms with Crippen molar-refractivity contribution in [2.75, 3.05) is 13.2 Å². The van der Waals surface area contributed by atoms with Crippen LogP contribution in [0.2, 0.25) is 0 Å². The molecule has 0 spiro atoms. The molecule has 7 nitrogen and oxygen atoms in total. The van der Waals surface area contributed by atoms with E-state index < -0.39 is 6.10 Å². The molecule has 0 aliphatic carbocycles. The number of tetrazole rings is 1. The summed E-state index contributed by atoms with van der Waals surface area (Å²) in [5, 5.41) is 24.6. The maximum absolute atomic E-state index is 10.2. The van der Waals surface area contributed by atoms with E-state index in [0.717, 1.165) is 22.6 Å². The maximum atomic E-state index is 10.2. The van der Waals surface area contributed by atoms with Crippen molar-refractivity contribution in [3.05, 3.63) is 66.0 Å². The number of aliphatic hydroxyl groups excluding tert-OH is 1. The van der Waals surface area contributed by atoms with Gasteiger partial charge in [0.1, 0.15) is 24.8 Å². The second-order valence-electron chi connectivity index (χ2n) is 6.21. The Morgan fingerprint density at radius 2 is 1.89 bits per heavy atom. The molecule has 0 saturated heterocycles. The molecule has 0 radical (unpaired) electrons. The first-order chi connectivity index (χ1) is 12.6. The average molecular weight is 390 g/mol. The second kappa shape index (κ2) is 10.0. The van der Waals surface area contributed by atoms with Crippen LogP contribution in [-0.4, -0.2) is 44.6 Å². The number of aliphatic hydroxyl groups is 1. The molecule has 0 amide bonds. The van der Waals surface area contributed by atoms with Crippen molar-refractivity contribution in [2.45, 2.75) is 26.0 Å². The van der Waals surface area contributed by atoms with Crippen LogP contribution in [0.1, 0.15) is 24.1 Å². The fourth-order valence-electron chi connectivity index (χ4n) is 2.59. The van der Waals surface area contributed by atoms with E-state index in [1.807, 2.05) is 55.5 Å². The molecule has 144 valence electrons. The minimum atomic E-state index is -0.586. The molecule has 1 aromatic heterocycles. The Bertz CT molecular complexity index is 811. The minimum absolute atomic E-state index is 0. The van der Waals surface area contributed by atoms with Gasteiger partial charge in [-0.25, -0.2) is 4.68 Å². The minimum Gasteiger partial charge on any atom is -0.491 e. The molecule has 0 fully saturated rings. The Morgan fingerprint density at radius 3 is 2.56 bits per heavy atom. The summed E-state index contributed by atoms with van der Waals surface area (Å²) >= 11 is 0. The quantitative estimate of drug-likeness (QED) is 0.615. The van der Waals surface area contributed by atoms with Gasteiger partial charge in [0.25, 0.3) is 0 Å². The number of hydrogen-bond acceptors (Lipinski definition) is 6. The van der Waals surface area contributed by atoms with Gasteiger partial charge in [0.2, 0.25) is 0 Å². The Kier molecular flexibility index (Phi) is 7.72. The van der Waals surface area contributed by atoms with Crippen molar-refractivity contribution in [1.29, 1.82) is 0 Å². The topological polar surface area (TPSA) is 85.1 Å². The molecule has 0 aliphatic heterocycles. The highest BCUT2D eigenvalue weighted by molar-refractivity contribution is 5.85. The van der Waals surface area contributed by atoms with Crippen molar-refractivity contribution in [1.82, 2.24) is 25.5 Å². The fraction of sp³-hybridized carbons (Fsp3) is 0.316. The van der Waals surface area contributed by atoms with Gasteiger partial charge in [0.15, 0.2) is 0 Å². The van der Waals surface area contributed by atoms with Gasteiger partial charge in [-0.2, -0.15) is 0 Å². The number of benzene rings is 2. The van der Waals surface area contributed by atoms with E-state index in [2.05, 4.69) is 27.8 Å². The molecule has 0 aliphatic rings. The number of halogens is 1. The summed E-state index contributed by atoms with van der Waals surface area (Å²) in [7, 11) is 0. The van der Waals surface area contributed by atoms with Crippen LogP contribution in [-0.2, 0) is 0 Å². The molecule has 2 N–H and O–H groups in total. The van der Waals surface area contributed by atoms with Gasteiger partial charge in [-0.3, -0.25) is 0 Å². The first-order valence-electron chi connectivity index (χ1n) is 8.56. The molecule has 0 bridgehead atoms. The maximum Gasteiger partial charge on any atom is 0.143 e. The van der Waals surface area contributed by atoms with Crippen LogP contribution in [0.3, 0.4) is 0 Å². The van der Waals surface area contributed by atoms with Gasteiger partial charge >= 0.3 is 0 Å². The van der Waals surface area contributed by atoms with Crippen LogP contribution >= 0.6 is 12.4 Å². The zero-order chi connectivity index (χ0) is 18.4. The molecule has 0 saturated carbocycles. The van der Waals surface area contributed by atoms with Gasteiger partial charge in [-0.05, 0) is 53.6 Å². The van der Waals surface area contributed by atoms with Gasteiger partial charge < -0.3 is 15.2 Å². The van der Waals surface area contributed by atoms with E-state index in [4.69, 9.17) is 4.74 Å². The van der Waals surface area contributed by atoms with Gasteiger partial charge in [-0.15, -0.1) is 17.5 Å².